The molecule has 0 unspecified atom stereocenters. The maximum absolute atomic E-state index is 11.7. The number of ether oxygens (including phenoxy) is 1. The van der Waals surface area contributed by atoms with E-state index in [9.17, 15) is 4.79 Å². The molecule has 0 amide bonds. The van der Waals surface area contributed by atoms with Crippen LogP contribution in [0.5, 0.6) is 0 Å². The number of nitrogens with zero attached hydrogens (tertiary/aromatic N) is 1. The van der Waals surface area contributed by atoms with Crippen molar-refractivity contribution in [3.63, 3.8) is 0 Å². The van der Waals surface area contributed by atoms with E-state index in [0.717, 1.165) is 19.5 Å². The van der Waals surface area contributed by atoms with E-state index < -0.39 is 0 Å². The van der Waals surface area contributed by atoms with Gasteiger partial charge in [-0.15, -0.1) is 0 Å². The highest BCUT2D eigenvalue weighted by molar-refractivity contribution is 5.89. The zero-order valence-electron chi connectivity index (χ0n) is 14.7. The van der Waals surface area contributed by atoms with Gasteiger partial charge in [-0.25, -0.2) is 4.79 Å². The molecule has 0 spiro atoms. The highest BCUT2D eigenvalue weighted by atomic mass is 16.5. The van der Waals surface area contributed by atoms with Crippen molar-refractivity contribution in [2.45, 2.75) is 31.7 Å². The van der Waals surface area contributed by atoms with Gasteiger partial charge in [-0.05, 0) is 42.8 Å². The summed E-state index contributed by atoms with van der Waals surface area (Å²) in [6, 6.07) is 18.7. The van der Waals surface area contributed by atoms with Crippen LogP contribution < -0.4 is 0 Å². The molecule has 1 fully saturated rings. The van der Waals surface area contributed by atoms with Gasteiger partial charge in [-0.1, -0.05) is 56.3 Å². The molecule has 24 heavy (non-hydrogen) atoms. The Labute approximate surface area is 144 Å². The van der Waals surface area contributed by atoms with Gasteiger partial charge in [0.2, 0.25) is 0 Å². The number of hydrogen-bond acceptors (Lipinski definition) is 3. The van der Waals surface area contributed by atoms with Crippen LogP contribution in [-0.4, -0.2) is 31.1 Å². The van der Waals surface area contributed by atoms with Gasteiger partial charge < -0.3 is 4.74 Å². The number of likely N-dealkylation sites (N-methyl/N-ethyl adjacent to an activating group) is 1. The molecule has 0 N–H and O–H groups in total. The molecule has 0 radical (unpaired) electrons. The van der Waals surface area contributed by atoms with E-state index in [-0.39, 0.29) is 11.5 Å². The standard InChI is InChI=1S/C21H25NO2/c1-4-22(5-2)21(15-19(21)16-9-7-6-8-10-16)18-13-11-17(12-14-18)20(23)24-3/h6-14,19H,4-5,15H2,1-3H3/t19-,21+/m1/s1. The minimum Gasteiger partial charge on any atom is -0.465 e. The topological polar surface area (TPSA) is 29.5 Å². The summed E-state index contributed by atoms with van der Waals surface area (Å²) in [5.74, 6) is 0.219. The van der Waals surface area contributed by atoms with Crippen LogP contribution >= 0.6 is 0 Å². The van der Waals surface area contributed by atoms with Crippen molar-refractivity contribution >= 4 is 5.97 Å². The van der Waals surface area contributed by atoms with Gasteiger partial charge in [0.05, 0.1) is 18.2 Å². The number of esters is 1. The zero-order valence-corrected chi connectivity index (χ0v) is 14.7. The molecule has 2 aromatic carbocycles. The summed E-state index contributed by atoms with van der Waals surface area (Å²) in [5.41, 5.74) is 3.32. The highest BCUT2D eigenvalue weighted by Gasteiger charge is 2.58. The molecular weight excluding hydrogens is 298 g/mol. The van der Waals surface area contributed by atoms with E-state index in [4.69, 9.17) is 4.74 Å². The van der Waals surface area contributed by atoms with Gasteiger partial charge in [0.25, 0.3) is 0 Å². The summed E-state index contributed by atoms with van der Waals surface area (Å²) in [4.78, 5) is 14.2. The van der Waals surface area contributed by atoms with Crippen LogP contribution in [-0.2, 0) is 10.3 Å². The van der Waals surface area contributed by atoms with Crippen molar-refractivity contribution in [2.24, 2.45) is 0 Å². The molecule has 1 saturated carbocycles. The number of rotatable bonds is 6. The lowest BCUT2D eigenvalue weighted by Crippen LogP contribution is -2.36. The molecule has 0 bridgehead atoms. The van der Waals surface area contributed by atoms with E-state index in [2.05, 4.69) is 61.2 Å². The number of carbonyl (C=O) groups excluding carboxylic acids is 1. The second-order valence-electron chi connectivity index (χ2n) is 6.33. The lowest BCUT2D eigenvalue weighted by Gasteiger charge is -2.32. The summed E-state index contributed by atoms with van der Waals surface area (Å²) in [6.07, 6.45) is 1.12. The minimum absolute atomic E-state index is 0.0412. The number of hydrogen-bond donors (Lipinski definition) is 0. The predicted octanol–water partition coefficient (Wildman–Crippen LogP) is 4.20. The van der Waals surface area contributed by atoms with Gasteiger partial charge in [0.1, 0.15) is 0 Å². The summed E-state index contributed by atoms with van der Waals surface area (Å²) in [6.45, 7) is 6.46. The Bertz CT molecular complexity index is 692. The molecule has 3 heteroatoms. The third-order valence-corrected chi connectivity index (χ3v) is 5.27. The lowest BCUT2D eigenvalue weighted by atomic mass is 9.95. The van der Waals surface area contributed by atoms with Crippen molar-refractivity contribution in [1.29, 1.82) is 0 Å². The van der Waals surface area contributed by atoms with Crippen molar-refractivity contribution in [3.05, 3.63) is 71.3 Å². The first kappa shape index (κ1) is 16.7. The summed E-state index contributed by atoms with van der Waals surface area (Å²) < 4.78 is 4.81. The second kappa shape index (κ2) is 6.78. The molecule has 2 atom stereocenters. The third-order valence-electron chi connectivity index (χ3n) is 5.27. The quantitative estimate of drug-likeness (QED) is 0.746. The molecule has 2 aromatic rings. The predicted molar refractivity (Wildman–Crippen MR) is 96.2 cm³/mol. The van der Waals surface area contributed by atoms with E-state index in [1.54, 1.807) is 0 Å². The Morgan fingerprint density at radius 3 is 2.25 bits per heavy atom. The first-order valence-corrected chi connectivity index (χ1v) is 8.66. The molecule has 0 aromatic heterocycles. The van der Waals surface area contributed by atoms with Crippen molar-refractivity contribution in [3.8, 4) is 0 Å². The maximum atomic E-state index is 11.7. The Hall–Kier alpha value is -2.13. The van der Waals surface area contributed by atoms with Crippen LogP contribution in [0.2, 0.25) is 0 Å². The van der Waals surface area contributed by atoms with Gasteiger partial charge in [-0.2, -0.15) is 0 Å². The third kappa shape index (κ3) is 2.73. The average Bonchev–Trinajstić information content (AvgIpc) is 3.39. The number of benzene rings is 2. The molecule has 1 aliphatic carbocycles. The Kier molecular flexibility index (Phi) is 4.72. The monoisotopic (exact) mass is 323 g/mol. The largest absolute Gasteiger partial charge is 0.465 e. The fourth-order valence-electron chi connectivity index (χ4n) is 3.98. The summed E-state index contributed by atoms with van der Waals surface area (Å²) >= 11 is 0. The van der Waals surface area contributed by atoms with E-state index in [1.807, 2.05) is 12.1 Å². The Balaban J connectivity index is 1.97. The van der Waals surface area contributed by atoms with Crippen LogP contribution in [0, 0.1) is 0 Å². The van der Waals surface area contributed by atoms with Crippen LogP contribution in [0.4, 0.5) is 0 Å². The first-order chi connectivity index (χ1) is 11.7. The Morgan fingerprint density at radius 1 is 1.08 bits per heavy atom. The van der Waals surface area contributed by atoms with Crippen LogP contribution in [0.25, 0.3) is 0 Å². The van der Waals surface area contributed by atoms with E-state index in [1.165, 1.54) is 18.2 Å². The van der Waals surface area contributed by atoms with E-state index in [0.29, 0.717) is 11.5 Å². The normalized spacial score (nSPS) is 22.4. The maximum Gasteiger partial charge on any atom is 0.337 e. The number of methoxy groups -OCH3 is 1. The number of carbonyl (C=O) groups is 1. The van der Waals surface area contributed by atoms with Crippen LogP contribution in [0.15, 0.2) is 54.6 Å². The smallest absolute Gasteiger partial charge is 0.337 e. The van der Waals surface area contributed by atoms with E-state index >= 15 is 0 Å². The fourth-order valence-corrected chi connectivity index (χ4v) is 3.98. The van der Waals surface area contributed by atoms with Crippen LogP contribution in [0.1, 0.15) is 47.7 Å². The van der Waals surface area contributed by atoms with Gasteiger partial charge in [0, 0.05) is 5.92 Å². The fraction of sp³-hybridized carbons (Fsp3) is 0.381. The van der Waals surface area contributed by atoms with Crippen molar-refractivity contribution in [2.75, 3.05) is 20.2 Å². The lowest BCUT2D eigenvalue weighted by molar-refractivity contribution is 0.0600. The summed E-state index contributed by atoms with van der Waals surface area (Å²) in [5, 5.41) is 0. The molecule has 0 saturated heterocycles. The molecule has 3 nitrogen and oxygen atoms in total. The minimum atomic E-state index is -0.283. The van der Waals surface area contributed by atoms with Crippen molar-refractivity contribution < 1.29 is 9.53 Å². The van der Waals surface area contributed by atoms with Gasteiger partial charge in [-0.3, -0.25) is 4.90 Å². The Morgan fingerprint density at radius 2 is 1.71 bits per heavy atom. The molecule has 1 aliphatic rings. The second-order valence-corrected chi connectivity index (χ2v) is 6.33. The molecule has 126 valence electrons. The molecule has 0 aliphatic heterocycles. The van der Waals surface area contributed by atoms with Crippen molar-refractivity contribution in [1.82, 2.24) is 4.90 Å². The SMILES string of the molecule is CCN(CC)[C@]1(c2ccc(C(=O)OC)cc2)C[C@@H]1c1ccccc1. The average molecular weight is 323 g/mol. The molecular formula is C21H25NO2. The zero-order chi connectivity index (χ0) is 17.2. The van der Waals surface area contributed by atoms with Gasteiger partial charge in [0.15, 0.2) is 0 Å². The summed E-state index contributed by atoms with van der Waals surface area (Å²) in [7, 11) is 1.42. The van der Waals surface area contributed by atoms with Gasteiger partial charge >= 0.3 is 5.97 Å². The van der Waals surface area contributed by atoms with Crippen LogP contribution in [0.3, 0.4) is 0 Å². The first-order valence-electron chi connectivity index (χ1n) is 8.66. The molecule has 0 heterocycles. The molecule has 3 rings (SSSR count). The highest BCUT2D eigenvalue weighted by Crippen LogP contribution is 2.62.